The lowest BCUT2D eigenvalue weighted by molar-refractivity contribution is -0.347. The molecule has 3 saturated carbocycles. The summed E-state index contributed by atoms with van der Waals surface area (Å²) in [6.07, 6.45) is -2.78. The molecule has 0 aliphatic heterocycles. The lowest BCUT2D eigenvalue weighted by Gasteiger charge is -2.57. The lowest BCUT2D eigenvalue weighted by atomic mass is 9.48. The topological polar surface area (TPSA) is 52.6 Å². The first-order valence-electron chi connectivity index (χ1n) is 14.3. The summed E-state index contributed by atoms with van der Waals surface area (Å²) in [7, 11) is 0. The molecule has 3 fully saturated rings. The van der Waals surface area contributed by atoms with Crippen molar-refractivity contribution in [2.45, 2.75) is 82.9 Å². The van der Waals surface area contributed by atoms with Crippen molar-refractivity contribution in [2.24, 2.45) is 28.6 Å². The molecule has 4 aliphatic rings. The van der Waals surface area contributed by atoms with Crippen LogP contribution < -0.4 is 0 Å². The Kier molecular flexibility index (Phi) is 8.11. The Morgan fingerprint density at radius 2 is 1.39 bits per heavy atom. The highest BCUT2D eigenvalue weighted by Gasteiger charge is 2.77. The Morgan fingerprint density at radius 3 is 1.98 bits per heavy atom. The summed E-state index contributed by atoms with van der Waals surface area (Å²) in [5.74, 6) is -30.0. The molecule has 0 bridgehead atoms. The van der Waals surface area contributed by atoms with Crippen LogP contribution in [0.1, 0.15) is 69.2 Å². The first-order valence-corrected chi connectivity index (χ1v) is 14.3. The number of fused-ring (bicyclic) bond motifs is 5. The number of halogens is 12. The van der Waals surface area contributed by atoms with E-state index >= 15 is 0 Å². The van der Waals surface area contributed by atoms with Crippen LogP contribution in [0.2, 0.25) is 0 Å². The molecular weight excluding hydrogens is 652 g/mol. The summed E-state index contributed by atoms with van der Waals surface area (Å²) in [4.78, 5) is 24.5. The maximum absolute atomic E-state index is 14.3. The molecule has 4 nitrogen and oxygen atoms in total. The van der Waals surface area contributed by atoms with Gasteiger partial charge < -0.3 is 9.47 Å². The minimum atomic E-state index is -6.71. The largest absolute Gasteiger partial charge is 0.460 e. The van der Waals surface area contributed by atoms with Gasteiger partial charge in [0.25, 0.3) is 0 Å². The summed E-state index contributed by atoms with van der Waals surface area (Å²) >= 11 is 0. The molecule has 254 valence electrons. The van der Waals surface area contributed by atoms with Crippen molar-refractivity contribution in [3.05, 3.63) is 58.1 Å². The Morgan fingerprint density at radius 1 is 0.804 bits per heavy atom. The van der Waals surface area contributed by atoms with Crippen LogP contribution >= 0.6 is 0 Å². The molecule has 0 spiro atoms. The zero-order valence-corrected chi connectivity index (χ0v) is 24.1. The molecule has 6 atom stereocenters. The molecule has 0 saturated heterocycles. The molecule has 0 radical (unpaired) electrons. The fourth-order valence-electron chi connectivity index (χ4n) is 8.06. The van der Waals surface area contributed by atoms with Gasteiger partial charge in [0.1, 0.15) is 17.4 Å². The van der Waals surface area contributed by atoms with Crippen LogP contribution in [0.15, 0.2) is 23.5 Å². The van der Waals surface area contributed by atoms with Gasteiger partial charge in [-0.05, 0) is 80.3 Å². The fraction of sp³-hybridized carbons (Fsp3) is 0.600. The van der Waals surface area contributed by atoms with Gasteiger partial charge in [-0.2, -0.15) is 30.7 Å². The lowest BCUT2D eigenvalue weighted by Crippen LogP contribution is -2.56. The highest BCUT2D eigenvalue weighted by Crippen LogP contribution is 2.65. The van der Waals surface area contributed by atoms with Gasteiger partial charge in [0, 0.05) is 5.41 Å². The summed E-state index contributed by atoms with van der Waals surface area (Å²) < 4.78 is 171. The molecule has 0 aromatic heterocycles. The van der Waals surface area contributed by atoms with E-state index in [2.05, 4.69) is 4.74 Å². The Balaban J connectivity index is 1.31. The second-order valence-corrected chi connectivity index (χ2v) is 12.8. The third-order valence-electron chi connectivity index (χ3n) is 10.6. The molecule has 0 N–H and O–H groups in total. The quantitative estimate of drug-likeness (QED) is 0.135. The van der Waals surface area contributed by atoms with Crippen LogP contribution in [0.5, 0.6) is 0 Å². The van der Waals surface area contributed by atoms with Gasteiger partial charge in [0.15, 0.2) is 23.3 Å². The van der Waals surface area contributed by atoms with Crippen LogP contribution in [0, 0.1) is 57.7 Å². The summed E-state index contributed by atoms with van der Waals surface area (Å²) in [6, 6.07) is 0. The second-order valence-electron chi connectivity index (χ2n) is 12.8. The number of benzene rings is 1. The summed E-state index contributed by atoms with van der Waals surface area (Å²) in [5, 5.41) is 0. The maximum Gasteiger partial charge on any atom is 0.460 e. The molecular formula is C30H26F12O4. The van der Waals surface area contributed by atoms with Gasteiger partial charge >= 0.3 is 30.0 Å². The highest BCUT2D eigenvalue weighted by atomic mass is 19.4. The number of hydrogen-bond acceptors (Lipinski definition) is 4. The van der Waals surface area contributed by atoms with Crippen LogP contribution in [0.4, 0.5) is 52.7 Å². The number of esters is 2. The van der Waals surface area contributed by atoms with E-state index in [1.54, 1.807) is 6.92 Å². The minimum absolute atomic E-state index is 0.0360. The second kappa shape index (κ2) is 10.9. The number of hydrogen-bond donors (Lipinski definition) is 0. The van der Waals surface area contributed by atoms with Crippen LogP contribution in [-0.4, -0.2) is 36.1 Å². The average molecular weight is 679 g/mol. The number of carbonyl (C=O) groups is 2. The molecule has 5 rings (SSSR count). The molecule has 3 unspecified atom stereocenters. The smallest absolute Gasteiger partial charge is 0.458 e. The van der Waals surface area contributed by atoms with Crippen molar-refractivity contribution in [3.63, 3.8) is 0 Å². The Bertz CT molecular complexity index is 1500. The van der Waals surface area contributed by atoms with E-state index in [-0.39, 0.29) is 30.6 Å². The standard InChI is InChI=1S/C30H26F12O4/c1-26-9-7-13(45-25(44)28(36,37)29(38,39)30(40,41)42)11-12(26)3-4-14-15-5-6-17(27(15,2)10-8-16(14)26)46-24(43)18-19(31)21(33)23(35)22(34)20(18)32/h7,11,14-17H,3-6,8-10H2,1-2H3/t14?,15?,16?,17-,26-,27-/m0/s1. The van der Waals surface area contributed by atoms with Gasteiger partial charge in [-0.25, -0.2) is 31.5 Å². The van der Waals surface area contributed by atoms with Gasteiger partial charge in [0.2, 0.25) is 5.82 Å². The fourth-order valence-corrected chi connectivity index (χ4v) is 8.06. The third kappa shape index (κ3) is 4.90. The molecule has 1 aromatic carbocycles. The Hall–Kier alpha value is -3.20. The van der Waals surface area contributed by atoms with Crippen molar-refractivity contribution in [1.82, 2.24) is 0 Å². The summed E-state index contributed by atoms with van der Waals surface area (Å²) in [5.41, 5.74) is -2.47. The van der Waals surface area contributed by atoms with Crippen LogP contribution in [0.25, 0.3) is 0 Å². The first kappa shape index (κ1) is 34.1. The number of carbonyl (C=O) groups excluding carboxylic acids is 2. The maximum atomic E-state index is 14.3. The van der Waals surface area contributed by atoms with E-state index in [9.17, 15) is 62.3 Å². The molecule has 46 heavy (non-hydrogen) atoms. The van der Waals surface area contributed by atoms with Crippen molar-refractivity contribution >= 4 is 11.9 Å². The van der Waals surface area contributed by atoms with Crippen molar-refractivity contribution in [2.75, 3.05) is 0 Å². The first-order chi connectivity index (χ1) is 21.1. The van der Waals surface area contributed by atoms with Crippen molar-refractivity contribution in [1.29, 1.82) is 0 Å². The number of alkyl halides is 7. The third-order valence-corrected chi connectivity index (χ3v) is 10.6. The van der Waals surface area contributed by atoms with Crippen LogP contribution in [0.3, 0.4) is 0 Å². The number of rotatable bonds is 5. The normalized spacial score (nSPS) is 31.3. The number of allylic oxidation sites excluding steroid dienone is 3. The average Bonchev–Trinajstić information content (AvgIpc) is 3.30. The van der Waals surface area contributed by atoms with E-state index in [1.807, 2.05) is 6.92 Å². The highest BCUT2D eigenvalue weighted by molar-refractivity contribution is 5.90. The predicted octanol–water partition coefficient (Wildman–Crippen LogP) is 8.74. The van der Waals surface area contributed by atoms with Crippen molar-refractivity contribution < 1.29 is 71.7 Å². The molecule has 1 aromatic rings. The van der Waals surface area contributed by atoms with E-state index in [0.29, 0.717) is 37.7 Å². The van der Waals surface area contributed by atoms with Crippen LogP contribution in [-0.2, 0) is 14.3 Å². The van der Waals surface area contributed by atoms with Gasteiger partial charge in [-0.1, -0.05) is 19.4 Å². The zero-order valence-electron chi connectivity index (χ0n) is 24.1. The monoisotopic (exact) mass is 678 g/mol. The Labute approximate surface area is 253 Å². The summed E-state index contributed by atoms with van der Waals surface area (Å²) in [6.45, 7) is 3.66. The van der Waals surface area contributed by atoms with E-state index in [0.717, 1.165) is 0 Å². The molecule has 0 heterocycles. The number of ether oxygens (including phenoxy) is 2. The van der Waals surface area contributed by atoms with Gasteiger partial charge in [0.05, 0.1) is 0 Å². The minimum Gasteiger partial charge on any atom is -0.458 e. The van der Waals surface area contributed by atoms with Crippen molar-refractivity contribution in [3.8, 4) is 0 Å². The SMILES string of the molecule is C[C@]12CC=C(OC(=O)C(F)(F)C(F)(F)C(F)(F)F)C=C1CCC1C2CC[C@@]2(C)C1CC[C@@H]2OC(=O)c1c(F)c(F)c(F)c(F)c1F. The van der Waals surface area contributed by atoms with E-state index in [1.165, 1.54) is 12.2 Å². The molecule has 4 aliphatic carbocycles. The zero-order chi connectivity index (χ0) is 34.4. The van der Waals surface area contributed by atoms with Gasteiger partial charge in [-0.15, -0.1) is 0 Å². The molecule has 16 heteroatoms. The molecule has 0 amide bonds. The van der Waals surface area contributed by atoms with E-state index in [4.69, 9.17) is 4.74 Å². The van der Waals surface area contributed by atoms with E-state index < -0.39 is 87.3 Å². The predicted molar refractivity (Wildman–Crippen MR) is 133 cm³/mol. The van der Waals surface area contributed by atoms with Gasteiger partial charge in [-0.3, -0.25) is 0 Å².